The van der Waals surface area contributed by atoms with Gasteiger partial charge < -0.3 is 10.2 Å². The van der Waals surface area contributed by atoms with Crippen molar-refractivity contribution in [1.82, 2.24) is 20.0 Å². The van der Waals surface area contributed by atoms with Crippen LogP contribution in [0, 0.1) is 13.8 Å². The molecule has 96 valence electrons. The van der Waals surface area contributed by atoms with Gasteiger partial charge in [-0.3, -0.25) is 9.48 Å². The van der Waals surface area contributed by atoms with Crippen molar-refractivity contribution in [3.8, 4) is 0 Å². The van der Waals surface area contributed by atoms with Crippen LogP contribution in [-0.4, -0.2) is 41.2 Å². The maximum Gasteiger partial charge on any atom is 0.244 e. The maximum atomic E-state index is 11.8. The van der Waals surface area contributed by atoms with Gasteiger partial charge in [0.05, 0.1) is 5.69 Å². The quantitative estimate of drug-likeness (QED) is 0.821. The molecule has 1 amide bonds. The van der Waals surface area contributed by atoms with Gasteiger partial charge in [0.2, 0.25) is 5.91 Å². The minimum Gasteiger partial charge on any atom is -0.344 e. The van der Waals surface area contributed by atoms with E-state index in [0.29, 0.717) is 6.54 Å². The molecule has 0 aliphatic heterocycles. The van der Waals surface area contributed by atoms with Gasteiger partial charge in [0.15, 0.2) is 0 Å². The smallest absolute Gasteiger partial charge is 0.244 e. The van der Waals surface area contributed by atoms with Gasteiger partial charge >= 0.3 is 0 Å². The Morgan fingerprint density at radius 2 is 2.12 bits per heavy atom. The number of aromatic nitrogens is 2. The Hall–Kier alpha value is -1.36. The maximum absolute atomic E-state index is 11.8. The normalized spacial score (nSPS) is 10.6. The van der Waals surface area contributed by atoms with E-state index in [-0.39, 0.29) is 5.91 Å². The molecule has 1 rings (SSSR count). The number of aryl methyl sites for hydroxylation is 1. The van der Waals surface area contributed by atoms with Crippen molar-refractivity contribution >= 4 is 5.91 Å². The summed E-state index contributed by atoms with van der Waals surface area (Å²) in [6.45, 7) is 7.78. The lowest BCUT2D eigenvalue weighted by atomic mass is 10.2. The second-order valence-electron chi connectivity index (χ2n) is 4.25. The molecule has 0 bridgehead atoms. The highest BCUT2D eigenvalue weighted by Crippen LogP contribution is 2.12. The highest BCUT2D eigenvalue weighted by molar-refractivity contribution is 5.75. The van der Waals surface area contributed by atoms with Gasteiger partial charge in [0.1, 0.15) is 6.54 Å². The Labute approximate surface area is 103 Å². The molecule has 0 radical (unpaired) electrons. The largest absolute Gasteiger partial charge is 0.344 e. The van der Waals surface area contributed by atoms with Crippen LogP contribution in [0.2, 0.25) is 0 Å². The number of hydrogen-bond acceptors (Lipinski definition) is 3. The number of nitrogens with zero attached hydrogens (tertiary/aromatic N) is 3. The van der Waals surface area contributed by atoms with Crippen LogP contribution in [0.4, 0.5) is 0 Å². The van der Waals surface area contributed by atoms with Gasteiger partial charge in [0.25, 0.3) is 0 Å². The number of amides is 1. The first-order valence-corrected chi connectivity index (χ1v) is 5.92. The van der Waals surface area contributed by atoms with E-state index in [4.69, 9.17) is 0 Å². The lowest BCUT2D eigenvalue weighted by Gasteiger charge is -2.14. The van der Waals surface area contributed by atoms with Crippen molar-refractivity contribution in [2.45, 2.75) is 33.9 Å². The zero-order valence-electron chi connectivity index (χ0n) is 11.4. The van der Waals surface area contributed by atoms with Gasteiger partial charge in [-0.05, 0) is 27.8 Å². The molecule has 17 heavy (non-hydrogen) atoms. The molecular weight excluding hydrogens is 216 g/mol. The second kappa shape index (κ2) is 5.82. The molecule has 0 aliphatic carbocycles. The summed E-state index contributed by atoms with van der Waals surface area (Å²) >= 11 is 0. The van der Waals surface area contributed by atoms with Gasteiger partial charge in [-0.15, -0.1) is 0 Å². The minimum atomic E-state index is 0.0918. The molecule has 0 unspecified atom stereocenters. The van der Waals surface area contributed by atoms with Crippen LogP contribution < -0.4 is 5.32 Å². The fourth-order valence-electron chi connectivity index (χ4n) is 1.75. The number of rotatable bonds is 5. The molecule has 0 fully saturated rings. The van der Waals surface area contributed by atoms with Gasteiger partial charge in [-0.2, -0.15) is 5.10 Å². The second-order valence-corrected chi connectivity index (χ2v) is 4.25. The van der Waals surface area contributed by atoms with Gasteiger partial charge in [-0.1, -0.05) is 0 Å². The van der Waals surface area contributed by atoms with E-state index in [9.17, 15) is 4.79 Å². The van der Waals surface area contributed by atoms with Gasteiger partial charge in [-0.25, -0.2) is 0 Å². The Morgan fingerprint density at radius 1 is 1.47 bits per heavy atom. The molecule has 0 aromatic carbocycles. The third kappa shape index (κ3) is 3.06. The number of carbonyl (C=O) groups is 1. The number of hydrogen-bond donors (Lipinski definition) is 1. The van der Waals surface area contributed by atoms with Crippen LogP contribution in [0.3, 0.4) is 0 Å². The van der Waals surface area contributed by atoms with E-state index in [1.807, 2.05) is 34.9 Å². The highest BCUT2D eigenvalue weighted by Gasteiger charge is 2.14. The first-order chi connectivity index (χ1) is 8.01. The topological polar surface area (TPSA) is 50.2 Å². The number of nitrogens with one attached hydrogen (secondary N) is 1. The molecule has 0 atom stereocenters. The summed E-state index contributed by atoms with van der Waals surface area (Å²) in [5.41, 5.74) is 3.23. The summed E-state index contributed by atoms with van der Waals surface area (Å²) in [6, 6.07) is 0. The monoisotopic (exact) mass is 238 g/mol. The summed E-state index contributed by atoms with van der Waals surface area (Å²) in [5.74, 6) is 0.0918. The summed E-state index contributed by atoms with van der Waals surface area (Å²) in [5, 5.41) is 7.53. The third-order valence-corrected chi connectivity index (χ3v) is 3.07. The van der Waals surface area contributed by atoms with E-state index in [0.717, 1.165) is 24.5 Å². The van der Waals surface area contributed by atoms with Crippen LogP contribution in [0.1, 0.15) is 23.9 Å². The molecule has 1 aromatic rings. The Kier molecular flexibility index (Phi) is 4.69. The molecule has 5 nitrogen and oxygen atoms in total. The van der Waals surface area contributed by atoms with Crippen molar-refractivity contribution in [2.75, 3.05) is 20.6 Å². The van der Waals surface area contributed by atoms with Crippen molar-refractivity contribution in [2.24, 2.45) is 0 Å². The predicted octanol–water partition coefficient (Wildman–Crippen LogP) is 0.698. The molecule has 5 heteroatoms. The number of carbonyl (C=O) groups excluding carboxylic acids is 1. The lowest BCUT2D eigenvalue weighted by Crippen LogP contribution is -2.30. The van der Waals surface area contributed by atoms with Crippen molar-refractivity contribution in [3.63, 3.8) is 0 Å². The molecule has 1 heterocycles. The summed E-state index contributed by atoms with van der Waals surface area (Å²) in [7, 11) is 3.72. The van der Waals surface area contributed by atoms with Crippen molar-refractivity contribution in [3.05, 3.63) is 17.0 Å². The Balaban J connectivity index is 2.85. The van der Waals surface area contributed by atoms with E-state index in [2.05, 4.69) is 10.4 Å². The van der Waals surface area contributed by atoms with E-state index < -0.39 is 0 Å². The zero-order valence-corrected chi connectivity index (χ0v) is 11.4. The Bertz CT molecular complexity index is 397. The van der Waals surface area contributed by atoms with Crippen molar-refractivity contribution in [1.29, 1.82) is 0 Å². The van der Waals surface area contributed by atoms with Crippen LogP contribution in [-0.2, 0) is 17.9 Å². The summed E-state index contributed by atoms with van der Waals surface area (Å²) < 4.78 is 1.79. The zero-order chi connectivity index (χ0) is 13.0. The highest BCUT2D eigenvalue weighted by atomic mass is 16.2. The molecule has 0 saturated heterocycles. The molecule has 1 aromatic heterocycles. The number of likely N-dealkylation sites (N-methyl/N-ethyl adjacent to an activating group) is 1. The molecule has 0 saturated carbocycles. The van der Waals surface area contributed by atoms with Crippen LogP contribution in [0.15, 0.2) is 0 Å². The average Bonchev–Trinajstić information content (AvgIpc) is 2.56. The Morgan fingerprint density at radius 3 is 2.65 bits per heavy atom. The van der Waals surface area contributed by atoms with Crippen LogP contribution in [0.5, 0.6) is 0 Å². The fourth-order valence-corrected chi connectivity index (χ4v) is 1.75. The third-order valence-electron chi connectivity index (χ3n) is 3.07. The summed E-state index contributed by atoms with van der Waals surface area (Å²) in [4.78, 5) is 13.5. The van der Waals surface area contributed by atoms with E-state index in [1.165, 1.54) is 5.56 Å². The minimum absolute atomic E-state index is 0.0918. The first-order valence-electron chi connectivity index (χ1n) is 5.92. The fraction of sp³-hybridized carbons (Fsp3) is 0.667. The lowest BCUT2D eigenvalue weighted by molar-refractivity contribution is -0.130. The molecule has 0 spiro atoms. The van der Waals surface area contributed by atoms with E-state index >= 15 is 0 Å². The molecular formula is C12H22N4O. The van der Waals surface area contributed by atoms with Crippen LogP contribution in [0.25, 0.3) is 0 Å². The van der Waals surface area contributed by atoms with Gasteiger partial charge in [0, 0.05) is 31.4 Å². The first kappa shape index (κ1) is 13.7. The summed E-state index contributed by atoms with van der Waals surface area (Å²) in [6.07, 6.45) is 0. The predicted molar refractivity (Wildman–Crippen MR) is 67.8 cm³/mol. The van der Waals surface area contributed by atoms with Crippen LogP contribution >= 0.6 is 0 Å². The average molecular weight is 238 g/mol. The standard InChI is InChI=1S/C12H22N4O/c1-6-15(5)12(17)8-16-10(3)11(7-13-4)9(2)14-16/h13H,6-8H2,1-5H3. The van der Waals surface area contributed by atoms with E-state index in [1.54, 1.807) is 9.58 Å². The molecule has 0 aliphatic rings. The SMILES string of the molecule is CCN(C)C(=O)Cn1nc(C)c(CNC)c1C. The van der Waals surface area contributed by atoms with Crippen molar-refractivity contribution < 1.29 is 4.79 Å². The molecule has 1 N–H and O–H groups in total.